The molecule has 0 saturated carbocycles. The van der Waals surface area contributed by atoms with E-state index in [2.05, 4.69) is 15.3 Å². The van der Waals surface area contributed by atoms with Crippen LogP contribution in [0.2, 0.25) is 0 Å². The molecule has 0 bridgehead atoms. The number of aromatic nitrogens is 2. The smallest absolute Gasteiger partial charge is 0.156 e. The highest BCUT2D eigenvalue weighted by Gasteiger charge is 2.28. The summed E-state index contributed by atoms with van der Waals surface area (Å²) in [6, 6.07) is 0. The molecule has 0 saturated heterocycles. The molecule has 5 nitrogen and oxygen atoms in total. The van der Waals surface area contributed by atoms with E-state index in [4.69, 9.17) is 0 Å². The average Bonchev–Trinajstić information content (AvgIpc) is 2.36. The number of aryl methyl sites for hydroxylation is 2. The molecule has 118 valence electrons. The van der Waals surface area contributed by atoms with E-state index in [-0.39, 0.29) is 5.75 Å². The normalized spacial score (nSPS) is 15.6. The lowest BCUT2D eigenvalue weighted by atomic mass is 9.96. The van der Waals surface area contributed by atoms with Crippen LogP contribution in [0.15, 0.2) is 0 Å². The van der Waals surface area contributed by atoms with E-state index in [1.54, 1.807) is 20.8 Å². The molecule has 1 aliphatic rings. The Bertz CT molecular complexity index is 619. The first-order valence-electron chi connectivity index (χ1n) is 7.53. The first kappa shape index (κ1) is 16.2. The fraction of sp³-hybridized carbons (Fsp3) is 0.733. The van der Waals surface area contributed by atoms with Crippen molar-refractivity contribution in [2.75, 3.05) is 17.6 Å². The number of fused-ring (bicyclic) bond motifs is 1. The molecule has 1 aliphatic carbocycles. The Balaban J connectivity index is 2.09. The molecule has 0 fully saturated rings. The molecule has 21 heavy (non-hydrogen) atoms. The van der Waals surface area contributed by atoms with Crippen molar-refractivity contribution in [3.8, 4) is 0 Å². The van der Waals surface area contributed by atoms with Crippen molar-refractivity contribution in [3.63, 3.8) is 0 Å². The van der Waals surface area contributed by atoms with Crippen LogP contribution in [-0.4, -0.2) is 35.4 Å². The van der Waals surface area contributed by atoms with Gasteiger partial charge in [-0.3, -0.25) is 0 Å². The Morgan fingerprint density at radius 3 is 2.48 bits per heavy atom. The summed E-state index contributed by atoms with van der Waals surface area (Å²) >= 11 is 0. The lowest BCUT2D eigenvalue weighted by Gasteiger charge is -2.21. The topological polar surface area (TPSA) is 72.0 Å². The Morgan fingerprint density at radius 2 is 1.81 bits per heavy atom. The monoisotopic (exact) mass is 311 g/mol. The van der Waals surface area contributed by atoms with Crippen molar-refractivity contribution < 1.29 is 8.42 Å². The third kappa shape index (κ3) is 3.73. The van der Waals surface area contributed by atoms with E-state index in [1.165, 1.54) is 12.0 Å². The Labute approximate surface area is 127 Å². The minimum Gasteiger partial charge on any atom is -0.369 e. The van der Waals surface area contributed by atoms with Crippen molar-refractivity contribution in [2.45, 2.75) is 58.1 Å². The maximum atomic E-state index is 12.1. The second-order valence-electron chi connectivity index (χ2n) is 6.61. The van der Waals surface area contributed by atoms with Gasteiger partial charge in [-0.25, -0.2) is 18.4 Å². The van der Waals surface area contributed by atoms with Crippen molar-refractivity contribution in [2.24, 2.45) is 0 Å². The van der Waals surface area contributed by atoms with E-state index in [0.29, 0.717) is 6.54 Å². The summed E-state index contributed by atoms with van der Waals surface area (Å²) in [7, 11) is -3.11. The van der Waals surface area contributed by atoms with Crippen molar-refractivity contribution >= 4 is 15.7 Å². The van der Waals surface area contributed by atoms with Gasteiger partial charge in [0.1, 0.15) is 11.6 Å². The minimum absolute atomic E-state index is 0.119. The summed E-state index contributed by atoms with van der Waals surface area (Å²) < 4.78 is 23.5. The van der Waals surface area contributed by atoms with Crippen LogP contribution in [0.1, 0.15) is 50.7 Å². The van der Waals surface area contributed by atoms with Crippen LogP contribution in [0.5, 0.6) is 0 Å². The van der Waals surface area contributed by atoms with Crippen LogP contribution in [0.25, 0.3) is 0 Å². The highest BCUT2D eigenvalue weighted by Crippen LogP contribution is 2.25. The molecule has 1 aromatic heterocycles. The molecular weight excluding hydrogens is 286 g/mol. The number of sulfone groups is 1. The zero-order chi connectivity index (χ0) is 15.7. The molecule has 1 heterocycles. The number of rotatable bonds is 4. The third-order valence-corrected chi connectivity index (χ3v) is 6.50. The number of anilines is 1. The largest absolute Gasteiger partial charge is 0.369 e. The summed E-state index contributed by atoms with van der Waals surface area (Å²) in [5.41, 5.74) is 2.29. The van der Waals surface area contributed by atoms with E-state index in [9.17, 15) is 8.42 Å². The molecule has 0 aliphatic heterocycles. The second-order valence-corrected chi connectivity index (χ2v) is 9.47. The van der Waals surface area contributed by atoms with Gasteiger partial charge in [-0.05, 0) is 53.4 Å². The fourth-order valence-corrected chi connectivity index (χ4v) is 3.46. The van der Waals surface area contributed by atoms with Gasteiger partial charge in [-0.15, -0.1) is 0 Å². The molecule has 1 aromatic rings. The molecule has 0 radical (unpaired) electrons. The third-order valence-electron chi connectivity index (χ3n) is 3.89. The Kier molecular flexibility index (Phi) is 4.56. The number of hydrogen-bond donors (Lipinski definition) is 1. The molecule has 0 spiro atoms. The highest BCUT2D eigenvalue weighted by molar-refractivity contribution is 7.92. The predicted molar refractivity (Wildman–Crippen MR) is 85.4 cm³/mol. The highest BCUT2D eigenvalue weighted by atomic mass is 32.2. The summed E-state index contributed by atoms with van der Waals surface area (Å²) in [5.74, 6) is 1.69. The van der Waals surface area contributed by atoms with Crippen LogP contribution < -0.4 is 5.32 Å². The molecule has 0 amide bonds. The molecule has 2 rings (SSSR count). The summed E-state index contributed by atoms with van der Waals surface area (Å²) in [5, 5.41) is 3.21. The van der Waals surface area contributed by atoms with E-state index >= 15 is 0 Å². The van der Waals surface area contributed by atoms with Gasteiger partial charge in [0.05, 0.1) is 10.5 Å². The van der Waals surface area contributed by atoms with Crippen LogP contribution in [0.4, 0.5) is 5.82 Å². The van der Waals surface area contributed by atoms with Gasteiger partial charge in [0.15, 0.2) is 9.84 Å². The molecule has 1 N–H and O–H groups in total. The second kappa shape index (κ2) is 5.91. The minimum atomic E-state index is -3.11. The average molecular weight is 311 g/mol. The quantitative estimate of drug-likeness (QED) is 0.923. The zero-order valence-electron chi connectivity index (χ0n) is 13.4. The first-order valence-corrected chi connectivity index (χ1v) is 9.18. The van der Waals surface area contributed by atoms with Crippen LogP contribution in [0, 0.1) is 6.92 Å². The van der Waals surface area contributed by atoms with Gasteiger partial charge in [-0.1, -0.05) is 0 Å². The molecule has 6 heteroatoms. The van der Waals surface area contributed by atoms with Gasteiger partial charge in [0.25, 0.3) is 0 Å². The molecular formula is C15H25N3O2S. The Hall–Kier alpha value is -1.17. The fourth-order valence-electron chi connectivity index (χ4n) is 2.47. The lowest BCUT2D eigenvalue weighted by molar-refractivity contribution is 0.560. The van der Waals surface area contributed by atoms with Gasteiger partial charge in [-0.2, -0.15) is 0 Å². The maximum Gasteiger partial charge on any atom is 0.156 e. The first-order chi connectivity index (χ1) is 9.71. The van der Waals surface area contributed by atoms with Crippen molar-refractivity contribution in [1.82, 2.24) is 9.97 Å². The van der Waals surface area contributed by atoms with Crippen LogP contribution in [0.3, 0.4) is 0 Å². The molecule has 0 aromatic carbocycles. The summed E-state index contributed by atoms with van der Waals surface area (Å²) in [6.45, 7) is 7.48. The number of hydrogen-bond acceptors (Lipinski definition) is 5. The standard InChI is InChI=1S/C15H25N3O2S/c1-11-17-13-8-6-5-7-12(13)14(18-11)16-9-10-21(19,20)15(2,3)4/h5-10H2,1-4H3,(H,16,17,18). The lowest BCUT2D eigenvalue weighted by Crippen LogP contribution is -2.33. The van der Waals surface area contributed by atoms with Gasteiger partial charge < -0.3 is 5.32 Å². The maximum absolute atomic E-state index is 12.1. The summed E-state index contributed by atoms with van der Waals surface area (Å²) in [6.07, 6.45) is 4.29. The van der Waals surface area contributed by atoms with Gasteiger partial charge in [0, 0.05) is 17.8 Å². The Morgan fingerprint density at radius 1 is 1.14 bits per heavy atom. The molecule has 0 unspecified atom stereocenters. The van der Waals surface area contributed by atoms with Crippen LogP contribution >= 0.6 is 0 Å². The summed E-state index contributed by atoms with van der Waals surface area (Å²) in [4.78, 5) is 8.95. The van der Waals surface area contributed by atoms with E-state index < -0.39 is 14.6 Å². The zero-order valence-corrected chi connectivity index (χ0v) is 14.2. The van der Waals surface area contributed by atoms with Gasteiger partial charge in [0.2, 0.25) is 0 Å². The van der Waals surface area contributed by atoms with Crippen LogP contribution in [-0.2, 0) is 22.7 Å². The number of nitrogens with one attached hydrogen (secondary N) is 1. The van der Waals surface area contributed by atoms with Gasteiger partial charge >= 0.3 is 0 Å². The van der Waals surface area contributed by atoms with Crippen molar-refractivity contribution in [1.29, 1.82) is 0 Å². The predicted octanol–water partition coefficient (Wildman–Crippen LogP) is 2.29. The van der Waals surface area contributed by atoms with Crippen molar-refractivity contribution in [3.05, 3.63) is 17.1 Å². The molecule has 0 atom stereocenters. The SMILES string of the molecule is Cc1nc2c(c(NCCS(=O)(=O)C(C)(C)C)n1)CCCC2. The van der Waals surface area contributed by atoms with E-state index in [1.807, 2.05) is 6.92 Å². The van der Waals surface area contributed by atoms with E-state index in [0.717, 1.165) is 36.6 Å². The number of nitrogens with zero attached hydrogens (tertiary/aromatic N) is 2.